The minimum atomic E-state index is -0.343. The molecule has 0 bridgehead atoms. The van der Waals surface area contributed by atoms with Crippen molar-refractivity contribution in [3.8, 4) is 11.6 Å². The van der Waals surface area contributed by atoms with Crippen molar-refractivity contribution in [2.75, 3.05) is 0 Å². The predicted molar refractivity (Wildman–Crippen MR) is 86.0 cm³/mol. The minimum absolute atomic E-state index is 0.0788. The Kier molecular flexibility index (Phi) is 4.65. The van der Waals surface area contributed by atoms with Crippen molar-refractivity contribution in [1.82, 2.24) is 15.6 Å². The lowest BCUT2D eigenvalue weighted by atomic mass is 10.2. The average Bonchev–Trinajstić information content (AvgIpc) is 2.95. The summed E-state index contributed by atoms with van der Waals surface area (Å²) >= 11 is 0. The lowest BCUT2D eigenvalue weighted by Gasteiger charge is -2.01. The molecule has 1 amide bonds. The van der Waals surface area contributed by atoms with Gasteiger partial charge in [-0.05, 0) is 34.7 Å². The summed E-state index contributed by atoms with van der Waals surface area (Å²) < 4.78 is 9.92. The minimum Gasteiger partial charge on any atom is -0.416 e. The number of rotatable bonds is 5. The molecule has 0 radical (unpaired) electrons. The van der Waals surface area contributed by atoms with Crippen LogP contribution in [0, 0.1) is 12.1 Å². The van der Waals surface area contributed by atoms with Gasteiger partial charge in [-0.2, -0.15) is 5.10 Å². The number of nitrogens with one attached hydrogen (secondary N) is 1. The van der Waals surface area contributed by atoms with Gasteiger partial charge in [0.1, 0.15) is 5.75 Å². The first-order valence-corrected chi connectivity index (χ1v) is 7.21. The van der Waals surface area contributed by atoms with Gasteiger partial charge in [-0.1, -0.05) is 12.1 Å². The molecule has 2 aromatic heterocycles. The van der Waals surface area contributed by atoms with Crippen LogP contribution in [0.15, 0.2) is 58.5 Å². The van der Waals surface area contributed by atoms with Crippen LogP contribution in [0.5, 0.6) is 11.6 Å². The number of amides is 1. The van der Waals surface area contributed by atoms with Gasteiger partial charge in [0.25, 0.3) is 5.91 Å². The maximum absolute atomic E-state index is 11.9. The molecule has 0 aliphatic carbocycles. The Morgan fingerprint density at radius 2 is 2.16 bits per heavy atom. The molecule has 0 unspecified atom stereocenters. The van der Waals surface area contributed by atoms with E-state index in [0.29, 0.717) is 16.9 Å². The third kappa shape index (κ3) is 3.96. The number of aromatic nitrogens is 3. The second-order valence-electron chi connectivity index (χ2n) is 4.93. The Morgan fingerprint density at radius 3 is 2.88 bits per heavy atom. The summed E-state index contributed by atoms with van der Waals surface area (Å²) in [6, 6.07) is 10.0. The molecule has 1 N–H and O–H groups in total. The van der Waals surface area contributed by atoms with Gasteiger partial charge in [0, 0.05) is 24.9 Å². The van der Waals surface area contributed by atoms with Crippen LogP contribution in [0.1, 0.15) is 21.6 Å². The number of nitrogens with zero attached hydrogens (tertiary/aromatic N) is 4. The van der Waals surface area contributed by atoms with Crippen molar-refractivity contribution >= 4 is 12.1 Å². The summed E-state index contributed by atoms with van der Waals surface area (Å²) in [5.41, 5.74) is 3.77. The number of ether oxygens (including phenoxy) is 1. The van der Waals surface area contributed by atoms with Crippen molar-refractivity contribution in [3.05, 3.63) is 70.8 Å². The fourth-order valence-corrected chi connectivity index (χ4v) is 1.88. The zero-order chi connectivity index (χ0) is 17.6. The quantitative estimate of drug-likeness (QED) is 0.428. The highest BCUT2D eigenvalue weighted by Gasteiger charge is 2.16. The standard InChI is InChI=1S/C16H13N5O4/c1-11-16(20-25-21(11)23)24-14-4-2-3-12(9-14)10-18-19-15(22)13-5-7-17-8-6-13/h2-10H,1H3,(H,19,22)/b18-10+. The molecule has 126 valence electrons. The van der Waals surface area contributed by atoms with E-state index in [2.05, 4.69) is 25.3 Å². The Hall–Kier alpha value is -3.75. The highest BCUT2D eigenvalue weighted by atomic mass is 16.8. The van der Waals surface area contributed by atoms with Crippen LogP contribution in [-0.4, -0.2) is 22.3 Å². The van der Waals surface area contributed by atoms with Gasteiger partial charge in [0.15, 0.2) is 0 Å². The molecular formula is C16H13N5O4. The van der Waals surface area contributed by atoms with Crippen LogP contribution in [0.4, 0.5) is 0 Å². The SMILES string of the molecule is Cc1c(Oc2cccc(/C=N/NC(=O)c3ccncc3)c2)no[n+]1[O-]. The van der Waals surface area contributed by atoms with E-state index in [-0.39, 0.29) is 22.4 Å². The molecule has 3 rings (SSSR count). The average molecular weight is 339 g/mol. The van der Waals surface area contributed by atoms with E-state index in [0.717, 1.165) is 0 Å². The van der Waals surface area contributed by atoms with E-state index in [1.165, 1.54) is 25.5 Å². The molecule has 25 heavy (non-hydrogen) atoms. The Balaban J connectivity index is 1.65. The van der Waals surface area contributed by atoms with E-state index < -0.39 is 0 Å². The molecule has 0 saturated heterocycles. The van der Waals surface area contributed by atoms with E-state index in [1.54, 1.807) is 36.4 Å². The molecular weight excluding hydrogens is 326 g/mol. The van der Waals surface area contributed by atoms with Gasteiger partial charge >= 0.3 is 5.88 Å². The largest absolute Gasteiger partial charge is 0.416 e. The summed E-state index contributed by atoms with van der Waals surface area (Å²) in [5.74, 6) is 0.181. The van der Waals surface area contributed by atoms with Crippen molar-refractivity contribution in [3.63, 3.8) is 0 Å². The van der Waals surface area contributed by atoms with Gasteiger partial charge in [0.2, 0.25) is 5.69 Å². The number of hydrazone groups is 1. The first-order chi connectivity index (χ1) is 12.1. The van der Waals surface area contributed by atoms with E-state index in [4.69, 9.17) is 4.74 Å². The summed E-state index contributed by atoms with van der Waals surface area (Å²) in [5, 5.41) is 18.6. The van der Waals surface area contributed by atoms with E-state index in [1.807, 2.05) is 0 Å². The summed E-state index contributed by atoms with van der Waals surface area (Å²) in [7, 11) is 0. The molecule has 0 atom stereocenters. The zero-order valence-corrected chi connectivity index (χ0v) is 13.1. The number of hydrogen-bond donors (Lipinski definition) is 1. The van der Waals surface area contributed by atoms with Crippen LogP contribution in [0.2, 0.25) is 0 Å². The summed E-state index contributed by atoms with van der Waals surface area (Å²) in [6.45, 7) is 1.53. The van der Waals surface area contributed by atoms with Crippen LogP contribution in [-0.2, 0) is 0 Å². The van der Waals surface area contributed by atoms with E-state index >= 15 is 0 Å². The van der Waals surface area contributed by atoms with Crippen molar-refractivity contribution in [2.24, 2.45) is 5.10 Å². The molecule has 2 heterocycles. The molecule has 9 heteroatoms. The van der Waals surface area contributed by atoms with Crippen LogP contribution < -0.4 is 15.1 Å². The zero-order valence-electron chi connectivity index (χ0n) is 13.1. The van der Waals surface area contributed by atoms with Gasteiger partial charge in [-0.25, -0.2) is 5.43 Å². The maximum atomic E-state index is 11.9. The third-order valence-corrected chi connectivity index (χ3v) is 3.18. The predicted octanol–water partition coefficient (Wildman–Crippen LogP) is 1.57. The van der Waals surface area contributed by atoms with Crippen molar-refractivity contribution in [2.45, 2.75) is 6.92 Å². The molecule has 1 aromatic carbocycles. The molecule has 0 aliphatic rings. The fourth-order valence-electron chi connectivity index (χ4n) is 1.88. The Labute approximate surface area is 142 Å². The topological polar surface area (TPSA) is 117 Å². The van der Waals surface area contributed by atoms with E-state index in [9.17, 15) is 10.0 Å². The third-order valence-electron chi connectivity index (χ3n) is 3.18. The lowest BCUT2D eigenvalue weighted by molar-refractivity contribution is -0.806. The second kappa shape index (κ2) is 7.21. The molecule has 9 nitrogen and oxygen atoms in total. The number of benzene rings is 1. The molecule has 0 spiro atoms. The highest BCUT2D eigenvalue weighted by molar-refractivity contribution is 5.94. The number of carbonyl (C=O) groups is 1. The van der Waals surface area contributed by atoms with Gasteiger partial charge in [-0.3, -0.25) is 14.4 Å². The van der Waals surface area contributed by atoms with Crippen molar-refractivity contribution in [1.29, 1.82) is 0 Å². The summed E-state index contributed by atoms with van der Waals surface area (Å²) in [6.07, 6.45) is 4.52. The van der Waals surface area contributed by atoms with Crippen LogP contribution in [0.3, 0.4) is 0 Å². The summed E-state index contributed by atoms with van der Waals surface area (Å²) in [4.78, 5) is 16.0. The van der Waals surface area contributed by atoms with Crippen LogP contribution >= 0.6 is 0 Å². The maximum Gasteiger partial charge on any atom is 0.402 e. The number of hydrogen-bond acceptors (Lipinski definition) is 7. The number of carbonyl (C=O) groups excluding carboxylic acids is 1. The smallest absolute Gasteiger partial charge is 0.402 e. The normalized spacial score (nSPS) is 10.8. The van der Waals surface area contributed by atoms with Gasteiger partial charge in [0.05, 0.1) is 11.4 Å². The lowest BCUT2D eigenvalue weighted by Crippen LogP contribution is -2.25. The van der Waals surface area contributed by atoms with Crippen molar-refractivity contribution < 1.29 is 19.1 Å². The van der Waals surface area contributed by atoms with Gasteiger partial charge in [-0.15, -0.1) is 0 Å². The second-order valence-corrected chi connectivity index (χ2v) is 4.93. The Morgan fingerprint density at radius 1 is 1.36 bits per heavy atom. The monoisotopic (exact) mass is 339 g/mol. The highest BCUT2D eigenvalue weighted by Crippen LogP contribution is 2.21. The first kappa shape index (κ1) is 16.1. The van der Waals surface area contributed by atoms with Gasteiger partial charge < -0.3 is 9.94 Å². The molecule has 0 saturated carbocycles. The molecule has 0 aliphatic heterocycles. The van der Waals surface area contributed by atoms with Crippen LogP contribution in [0.25, 0.3) is 0 Å². The molecule has 0 fully saturated rings. The first-order valence-electron chi connectivity index (χ1n) is 7.21. The molecule has 3 aromatic rings. The fraction of sp³-hybridized carbons (Fsp3) is 0.0625. The number of pyridine rings is 1. The Bertz CT molecular complexity index is 908.